The second-order valence-corrected chi connectivity index (χ2v) is 5.70. The van der Waals surface area contributed by atoms with Gasteiger partial charge < -0.3 is 10.0 Å². The van der Waals surface area contributed by atoms with Crippen LogP contribution in [0.25, 0.3) is 0 Å². The molecule has 0 saturated carbocycles. The number of fused-ring (bicyclic) bond motifs is 1. The second-order valence-electron chi connectivity index (χ2n) is 5.29. The van der Waals surface area contributed by atoms with E-state index in [1.807, 2.05) is 18.2 Å². The van der Waals surface area contributed by atoms with Crippen molar-refractivity contribution in [1.82, 2.24) is 0 Å². The number of aryl methyl sites for hydroxylation is 2. The third-order valence-corrected chi connectivity index (χ3v) is 4.17. The monoisotopic (exact) mass is 287 g/mol. The molecule has 0 unspecified atom stereocenters. The van der Waals surface area contributed by atoms with E-state index in [2.05, 4.69) is 30.0 Å². The van der Waals surface area contributed by atoms with Gasteiger partial charge in [-0.25, -0.2) is 0 Å². The summed E-state index contributed by atoms with van der Waals surface area (Å²) >= 11 is 6.39. The first-order valence-electron chi connectivity index (χ1n) is 6.96. The molecule has 0 radical (unpaired) electrons. The van der Waals surface area contributed by atoms with E-state index in [0.717, 1.165) is 30.6 Å². The molecule has 0 amide bonds. The maximum absolute atomic E-state index is 9.58. The Hall–Kier alpha value is -1.51. The Bertz CT molecular complexity index is 639. The molecular formula is C17H18ClNO. The van der Waals surface area contributed by atoms with Gasteiger partial charge in [0, 0.05) is 17.8 Å². The SMILES string of the molecule is Cc1ccc2c(c1)CCCN2c1c(Cl)cccc1CO. The number of aliphatic hydroxyl groups excluding tert-OH is 1. The van der Waals surface area contributed by atoms with Crippen LogP contribution in [0, 0.1) is 6.92 Å². The van der Waals surface area contributed by atoms with Crippen LogP contribution < -0.4 is 4.90 Å². The quantitative estimate of drug-likeness (QED) is 0.894. The normalized spacial score (nSPS) is 14.2. The van der Waals surface area contributed by atoms with Gasteiger partial charge in [0.2, 0.25) is 0 Å². The lowest BCUT2D eigenvalue weighted by atomic mass is 9.98. The van der Waals surface area contributed by atoms with Gasteiger partial charge in [-0.05, 0) is 37.5 Å². The van der Waals surface area contributed by atoms with E-state index in [9.17, 15) is 5.11 Å². The van der Waals surface area contributed by atoms with Crippen LogP contribution >= 0.6 is 11.6 Å². The van der Waals surface area contributed by atoms with Gasteiger partial charge in [0.05, 0.1) is 17.3 Å². The zero-order chi connectivity index (χ0) is 14.1. The highest BCUT2D eigenvalue weighted by molar-refractivity contribution is 6.33. The minimum Gasteiger partial charge on any atom is -0.392 e. The van der Waals surface area contributed by atoms with E-state index in [1.54, 1.807) is 0 Å². The minimum absolute atomic E-state index is 0.00753. The summed E-state index contributed by atoms with van der Waals surface area (Å²) in [6, 6.07) is 12.2. The fraction of sp³-hybridized carbons (Fsp3) is 0.294. The Morgan fingerprint density at radius 3 is 2.90 bits per heavy atom. The largest absolute Gasteiger partial charge is 0.392 e. The van der Waals surface area contributed by atoms with Crippen molar-refractivity contribution in [3.8, 4) is 0 Å². The summed E-state index contributed by atoms with van der Waals surface area (Å²) in [5, 5.41) is 10.3. The van der Waals surface area contributed by atoms with Crippen molar-refractivity contribution in [3.63, 3.8) is 0 Å². The number of anilines is 2. The molecule has 104 valence electrons. The average molecular weight is 288 g/mol. The van der Waals surface area contributed by atoms with E-state index >= 15 is 0 Å². The van der Waals surface area contributed by atoms with Gasteiger partial charge in [-0.3, -0.25) is 0 Å². The van der Waals surface area contributed by atoms with Gasteiger partial charge in [0.15, 0.2) is 0 Å². The lowest BCUT2D eigenvalue weighted by Crippen LogP contribution is -2.25. The Kier molecular flexibility index (Phi) is 3.68. The molecule has 0 spiro atoms. The lowest BCUT2D eigenvalue weighted by molar-refractivity contribution is 0.282. The highest BCUT2D eigenvalue weighted by Gasteiger charge is 2.22. The van der Waals surface area contributed by atoms with E-state index in [-0.39, 0.29) is 6.61 Å². The maximum Gasteiger partial charge on any atom is 0.0702 e. The van der Waals surface area contributed by atoms with Crippen molar-refractivity contribution in [2.75, 3.05) is 11.4 Å². The summed E-state index contributed by atoms with van der Waals surface area (Å²) in [6.45, 7) is 3.06. The van der Waals surface area contributed by atoms with Crippen LogP contribution in [0.2, 0.25) is 5.02 Å². The van der Waals surface area contributed by atoms with Crippen LogP contribution in [-0.2, 0) is 13.0 Å². The molecule has 0 atom stereocenters. The van der Waals surface area contributed by atoms with Crippen molar-refractivity contribution in [2.24, 2.45) is 0 Å². The van der Waals surface area contributed by atoms with Gasteiger partial charge >= 0.3 is 0 Å². The molecule has 0 aliphatic carbocycles. The molecule has 1 aliphatic rings. The fourth-order valence-corrected chi connectivity index (χ4v) is 3.24. The molecule has 3 rings (SSSR count). The van der Waals surface area contributed by atoms with Crippen LogP contribution in [0.3, 0.4) is 0 Å². The zero-order valence-electron chi connectivity index (χ0n) is 11.6. The van der Waals surface area contributed by atoms with Crippen molar-refractivity contribution >= 4 is 23.0 Å². The summed E-state index contributed by atoms with van der Waals surface area (Å²) in [6.07, 6.45) is 2.21. The second kappa shape index (κ2) is 5.47. The molecule has 1 N–H and O–H groups in total. The molecule has 0 fully saturated rings. The van der Waals surface area contributed by atoms with Gasteiger partial charge in [0.1, 0.15) is 0 Å². The van der Waals surface area contributed by atoms with Gasteiger partial charge in [-0.15, -0.1) is 0 Å². The first kappa shape index (κ1) is 13.5. The number of rotatable bonds is 2. The fourth-order valence-electron chi connectivity index (χ4n) is 2.95. The highest BCUT2D eigenvalue weighted by Crippen LogP contribution is 2.39. The first-order valence-corrected chi connectivity index (χ1v) is 7.34. The molecule has 20 heavy (non-hydrogen) atoms. The van der Waals surface area contributed by atoms with Crippen molar-refractivity contribution in [3.05, 3.63) is 58.1 Å². The van der Waals surface area contributed by atoms with Gasteiger partial charge in [-0.1, -0.05) is 41.4 Å². The number of aliphatic hydroxyl groups is 1. The summed E-state index contributed by atoms with van der Waals surface area (Å²) < 4.78 is 0. The lowest BCUT2D eigenvalue weighted by Gasteiger charge is -2.33. The van der Waals surface area contributed by atoms with E-state index in [1.165, 1.54) is 16.8 Å². The Morgan fingerprint density at radius 1 is 1.25 bits per heavy atom. The van der Waals surface area contributed by atoms with E-state index < -0.39 is 0 Å². The van der Waals surface area contributed by atoms with Crippen molar-refractivity contribution in [1.29, 1.82) is 0 Å². The highest BCUT2D eigenvalue weighted by atomic mass is 35.5. The topological polar surface area (TPSA) is 23.5 Å². The molecule has 2 nitrogen and oxygen atoms in total. The third kappa shape index (κ3) is 2.30. The van der Waals surface area contributed by atoms with Crippen LogP contribution in [0.1, 0.15) is 23.1 Å². The molecule has 0 bridgehead atoms. The predicted molar refractivity (Wildman–Crippen MR) is 83.9 cm³/mol. The number of nitrogens with zero attached hydrogens (tertiary/aromatic N) is 1. The molecule has 2 aromatic rings. The average Bonchev–Trinajstić information content (AvgIpc) is 2.46. The van der Waals surface area contributed by atoms with Gasteiger partial charge in [0.25, 0.3) is 0 Å². The van der Waals surface area contributed by atoms with Crippen LogP contribution in [-0.4, -0.2) is 11.7 Å². The molecule has 1 aliphatic heterocycles. The standard InChI is InChI=1S/C17H18ClNO/c1-12-7-8-16-13(10-12)5-3-9-19(16)17-14(11-20)4-2-6-15(17)18/h2,4,6-8,10,20H,3,5,9,11H2,1H3. The molecule has 1 heterocycles. The molecular weight excluding hydrogens is 270 g/mol. The summed E-state index contributed by atoms with van der Waals surface area (Å²) in [7, 11) is 0. The third-order valence-electron chi connectivity index (χ3n) is 3.86. The summed E-state index contributed by atoms with van der Waals surface area (Å²) in [5.74, 6) is 0. The van der Waals surface area contributed by atoms with Gasteiger partial charge in [-0.2, -0.15) is 0 Å². The van der Waals surface area contributed by atoms with Crippen molar-refractivity contribution in [2.45, 2.75) is 26.4 Å². The maximum atomic E-state index is 9.58. The molecule has 2 aromatic carbocycles. The summed E-state index contributed by atoms with van der Waals surface area (Å²) in [4.78, 5) is 2.24. The minimum atomic E-state index is 0.00753. The number of hydrogen-bond donors (Lipinski definition) is 1. The van der Waals surface area contributed by atoms with E-state index in [4.69, 9.17) is 11.6 Å². The van der Waals surface area contributed by atoms with Crippen LogP contribution in [0.4, 0.5) is 11.4 Å². The van der Waals surface area contributed by atoms with Crippen LogP contribution in [0.5, 0.6) is 0 Å². The zero-order valence-corrected chi connectivity index (χ0v) is 12.3. The van der Waals surface area contributed by atoms with Crippen molar-refractivity contribution < 1.29 is 5.11 Å². The number of hydrogen-bond acceptors (Lipinski definition) is 2. The smallest absolute Gasteiger partial charge is 0.0702 e. The predicted octanol–water partition coefficient (Wildman–Crippen LogP) is 4.23. The first-order chi connectivity index (χ1) is 9.70. The molecule has 0 saturated heterocycles. The Labute approximate surface area is 124 Å². The number of halogens is 1. The summed E-state index contributed by atoms with van der Waals surface area (Å²) in [5.41, 5.74) is 5.68. The number of benzene rings is 2. The van der Waals surface area contributed by atoms with Crippen LogP contribution in [0.15, 0.2) is 36.4 Å². The Morgan fingerprint density at radius 2 is 2.10 bits per heavy atom. The Balaban J connectivity index is 2.14. The molecule has 3 heteroatoms. The molecule has 0 aromatic heterocycles. The van der Waals surface area contributed by atoms with E-state index in [0.29, 0.717) is 5.02 Å². The number of para-hydroxylation sites is 1.